The van der Waals surface area contributed by atoms with Gasteiger partial charge in [-0.3, -0.25) is 9.78 Å². The molecule has 0 fully saturated rings. The highest BCUT2D eigenvalue weighted by Gasteiger charge is 2.42. The van der Waals surface area contributed by atoms with E-state index in [-0.39, 0.29) is 34.1 Å². The SMILES string of the molecule is O=C(c1noc(-c2ccncc2)n1)c1c(C(F)(F)F)n(Cc2ccc(Cl)cc2Cl)c2ccc(O)cc12. The number of phenolic OH excluding ortho intramolecular Hbond substituents is 1. The molecule has 12 heteroatoms. The maximum Gasteiger partial charge on any atom is 0.432 e. The summed E-state index contributed by atoms with van der Waals surface area (Å²) in [6, 6.07) is 11.1. The van der Waals surface area contributed by atoms with Crippen LogP contribution in [0.2, 0.25) is 10.0 Å². The van der Waals surface area contributed by atoms with Crippen molar-refractivity contribution in [3.05, 3.63) is 93.6 Å². The van der Waals surface area contributed by atoms with E-state index in [0.29, 0.717) is 16.1 Å². The van der Waals surface area contributed by atoms with Crippen molar-refractivity contribution in [1.82, 2.24) is 19.7 Å². The van der Waals surface area contributed by atoms with E-state index in [9.17, 15) is 23.1 Å². The molecule has 7 nitrogen and oxygen atoms in total. The average molecular weight is 533 g/mol. The van der Waals surface area contributed by atoms with Crippen LogP contribution in [0, 0.1) is 0 Å². The van der Waals surface area contributed by atoms with Crippen molar-refractivity contribution >= 4 is 39.9 Å². The summed E-state index contributed by atoms with van der Waals surface area (Å²) >= 11 is 12.2. The van der Waals surface area contributed by atoms with Gasteiger partial charge in [-0.2, -0.15) is 18.2 Å². The highest BCUT2D eigenvalue weighted by molar-refractivity contribution is 6.35. The van der Waals surface area contributed by atoms with Gasteiger partial charge < -0.3 is 14.2 Å². The summed E-state index contributed by atoms with van der Waals surface area (Å²) in [4.78, 5) is 21.3. The van der Waals surface area contributed by atoms with Crippen molar-refractivity contribution in [2.45, 2.75) is 12.7 Å². The van der Waals surface area contributed by atoms with Crippen molar-refractivity contribution in [1.29, 1.82) is 0 Å². The lowest BCUT2D eigenvalue weighted by Crippen LogP contribution is -2.19. The molecule has 0 aliphatic heterocycles. The standard InChI is InChI=1S/C24H13Cl2F3N4O3/c25-14-2-1-13(17(26)9-14)11-33-18-4-3-15(34)10-16(18)19(21(33)24(27,28)29)20(35)22-31-23(36-32-22)12-5-7-30-8-6-12/h1-10,34H,11H2. The van der Waals surface area contributed by atoms with Gasteiger partial charge in [0.2, 0.25) is 11.6 Å². The quantitative estimate of drug-likeness (QED) is 0.263. The van der Waals surface area contributed by atoms with Gasteiger partial charge in [-0.05, 0) is 48.0 Å². The first-order chi connectivity index (χ1) is 17.1. The third-order valence-electron chi connectivity index (χ3n) is 5.44. The summed E-state index contributed by atoms with van der Waals surface area (Å²) in [6.07, 6.45) is -2.04. The number of pyridine rings is 1. The molecule has 0 saturated carbocycles. The molecule has 0 bridgehead atoms. The van der Waals surface area contributed by atoms with E-state index in [1.54, 1.807) is 12.1 Å². The lowest BCUT2D eigenvalue weighted by Gasteiger charge is -2.15. The fourth-order valence-corrected chi connectivity index (χ4v) is 4.36. The normalized spacial score (nSPS) is 11.8. The Labute approximate surface area is 210 Å². The first-order valence-electron chi connectivity index (χ1n) is 10.3. The number of carbonyl (C=O) groups is 1. The minimum atomic E-state index is -4.96. The Balaban J connectivity index is 1.71. The molecule has 1 N–H and O–H groups in total. The van der Waals surface area contributed by atoms with Crippen LogP contribution in [-0.2, 0) is 12.7 Å². The molecule has 3 heterocycles. The van der Waals surface area contributed by atoms with Crippen molar-refractivity contribution in [3.8, 4) is 17.2 Å². The molecule has 2 aromatic carbocycles. The summed E-state index contributed by atoms with van der Waals surface area (Å²) in [6.45, 7) is -0.325. The van der Waals surface area contributed by atoms with Gasteiger partial charge >= 0.3 is 6.18 Å². The summed E-state index contributed by atoms with van der Waals surface area (Å²) in [5, 5.41) is 14.0. The monoisotopic (exact) mass is 532 g/mol. The number of halogens is 5. The number of aromatic hydroxyl groups is 1. The maximum absolute atomic E-state index is 14.5. The smallest absolute Gasteiger partial charge is 0.432 e. The fraction of sp³-hybridized carbons (Fsp3) is 0.0833. The molecule has 0 unspecified atom stereocenters. The first kappa shape index (κ1) is 23.8. The molecular weight excluding hydrogens is 520 g/mol. The number of ketones is 1. The zero-order valence-electron chi connectivity index (χ0n) is 17.9. The Kier molecular flexibility index (Phi) is 5.93. The average Bonchev–Trinajstić information content (AvgIpc) is 3.44. The van der Waals surface area contributed by atoms with Gasteiger partial charge in [-0.1, -0.05) is 34.4 Å². The van der Waals surface area contributed by atoms with Crippen LogP contribution in [0.5, 0.6) is 5.75 Å². The molecule has 5 aromatic rings. The number of benzene rings is 2. The summed E-state index contributed by atoms with van der Waals surface area (Å²) in [5.74, 6) is -2.08. The van der Waals surface area contributed by atoms with Gasteiger partial charge in [-0.25, -0.2) is 0 Å². The van der Waals surface area contributed by atoms with Crippen LogP contribution in [0.3, 0.4) is 0 Å². The Morgan fingerprint density at radius 3 is 2.50 bits per heavy atom. The number of fused-ring (bicyclic) bond motifs is 1. The molecular formula is C24H13Cl2F3N4O3. The second-order valence-corrected chi connectivity index (χ2v) is 8.58. The van der Waals surface area contributed by atoms with Crippen LogP contribution in [-0.4, -0.2) is 30.6 Å². The van der Waals surface area contributed by atoms with E-state index in [2.05, 4.69) is 15.1 Å². The van der Waals surface area contributed by atoms with E-state index in [4.69, 9.17) is 27.7 Å². The van der Waals surface area contributed by atoms with Gasteiger partial charge in [0, 0.05) is 45.5 Å². The molecule has 182 valence electrons. The topological polar surface area (TPSA) is 94.0 Å². The van der Waals surface area contributed by atoms with Crippen LogP contribution in [0.25, 0.3) is 22.4 Å². The lowest BCUT2D eigenvalue weighted by molar-refractivity contribution is -0.143. The highest BCUT2D eigenvalue weighted by Crippen LogP contribution is 2.41. The van der Waals surface area contributed by atoms with E-state index in [1.807, 2.05) is 0 Å². The predicted octanol–water partition coefficient (Wildman–Crippen LogP) is 6.40. The number of phenols is 1. The maximum atomic E-state index is 14.5. The third-order valence-corrected chi connectivity index (χ3v) is 6.03. The summed E-state index contributed by atoms with van der Waals surface area (Å²) in [7, 11) is 0. The van der Waals surface area contributed by atoms with Gasteiger partial charge in [0.15, 0.2) is 0 Å². The van der Waals surface area contributed by atoms with Crippen LogP contribution in [0.4, 0.5) is 13.2 Å². The number of hydrogen-bond acceptors (Lipinski definition) is 6. The predicted molar refractivity (Wildman–Crippen MR) is 125 cm³/mol. The second-order valence-electron chi connectivity index (χ2n) is 7.73. The molecule has 3 aromatic heterocycles. The molecule has 5 rings (SSSR count). The van der Waals surface area contributed by atoms with E-state index >= 15 is 0 Å². The van der Waals surface area contributed by atoms with Crippen molar-refractivity contribution in [2.24, 2.45) is 0 Å². The largest absolute Gasteiger partial charge is 0.508 e. The van der Waals surface area contributed by atoms with Crippen LogP contribution in [0.15, 0.2) is 65.4 Å². The van der Waals surface area contributed by atoms with E-state index in [0.717, 1.165) is 10.6 Å². The molecule has 0 saturated heterocycles. The minimum Gasteiger partial charge on any atom is -0.508 e. The van der Waals surface area contributed by atoms with Gasteiger partial charge in [0.1, 0.15) is 11.4 Å². The van der Waals surface area contributed by atoms with E-state index < -0.39 is 29.0 Å². The Morgan fingerprint density at radius 2 is 1.81 bits per heavy atom. The number of alkyl halides is 3. The van der Waals surface area contributed by atoms with Crippen LogP contribution < -0.4 is 0 Å². The number of hydrogen-bond donors (Lipinski definition) is 1. The van der Waals surface area contributed by atoms with E-state index in [1.165, 1.54) is 42.7 Å². The van der Waals surface area contributed by atoms with Crippen molar-refractivity contribution < 1.29 is 27.6 Å². The number of rotatable bonds is 5. The highest BCUT2D eigenvalue weighted by atomic mass is 35.5. The number of nitrogens with zero attached hydrogens (tertiary/aromatic N) is 4. The van der Waals surface area contributed by atoms with Gasteiger partial charge in [0.25, 0.3) is 5.89 Å². The van der Waals surface area contributed by atoms with Gasteiger partial charge in [0.05, 0.1) is 5.56 Å². The Morgan fingerprint density at radius 1 is 1.06 bits per heavy atom. The minimum absolute atomic E-state index is 0.0485. The zero-order valence-corrected chi connectivity index (χ0v) is 19.4. The zero-order chi connectivity index (χ0) is 25.6. The first-order valence-corrected chi connectivity index (χ1v) is 11.0. The molecule has 36 heavy (non-hydrogen) atoms. The Hall–Kier alpha value is -3.89. The summed E-state index contributed by atoms with van der Waals surface area (Å²) < 4.78 is 49.5. The van der Waals surface area contributed by atoms with Gasteiger partial charge in [-0.15, -0.1) is 0 Å². The Bertz CT molecular complexity index is 1610. The fourth-order valence-electron chi connectivity index (χ4n) is 3.89. The molecule has 0 aliphatic rings. The number of aromatic nitrogens is 4. The van der Waals surface area contributed by atoms with Crippen molar-refractivity contribution in [2.75, 3.05) is 0 Å². The molecule has 0 atom stereocenters. The summed E-state index contributed by atoms with van der Waals surface area (Å²) in [5.41, 5.74) is -1.14. The molecule has 0 spiro atoms. The lowest BCUT2D eigenvalue weighted by atomic mass is 10.1. The van der Waals surface area contributed by atoms with Crippen molar-refractivity contribution in [3.63, 3.8) is 0 Å². The molecule has 0 amide bonds. The third kappa shape index (κ3) is 4.29. The van der Waals surface area contributed by atoms with Crippen LogP contribution in [0.1, 0.15) is 27.4 Å². The second kappa shape index (κ2) is 8.96. The molecule has 0 radical (unpaired) electrons. The molecule has 0 aliphatic carbocycles. The number of carbonyl (C=O) groups excluding carboxylic acids is 1. The van der Waals surface area contributed by atoms with Crippen LogP contribution >= 0.6 is 23.2 Å².